The smallest absolute Gasteiger partial charge is 0.259 e. The van der Waals surface area contributed by atoms with Crippen molar-refractivity contribution in [2.45, 2.75) is 39.3 Å². The van der Waals surface area contributed by atoms with Crippen LogP contribution in [-0.2, 0) is 16.1 Å². The van der Waals surface area contributed by atoms with E-state index in [-0.39, 0.29) is 17.9 Å². The van der Waals surface area contributed by atoms with Crippen molar-refractivity contribution >= 4 is 39.9 Å². The summed E-state index contributed by atoms with van der Waals surface area (Å²) >= 11 is 0. The van der Waals surface area contributed by atoms with Gasteiger partial charge in [-0.05, 0) is 44.0 Å². The molecule has 9 heteroatoms. The number of carbonyl (C=O) groups excluding carboxylic acids is 2. The highest BCUT2D eigenvalue weighted by atomic mass is 16.5. The SMILES string of the molecule is CCn1ncc2c(NC3CCOCC3)c(C(=O)Nc3ccc(N(C)C(C)=O)cc3)cnc21. The highest BCUT2D eigenvalue weighted by Crippen LogP contribution is 2.29. The summed E-state index contributed by atoms with van der Waals surface area (Å²) in [5, 5.41) is 11.7. The summed E-state index contributed by atoms with van der Waals surface area (Å²) in [7, 11) is 1.71. The number of amides is 2. The Morgan fingerprint density at radius 3 is 2.56 bits per heavy atom. The number of aryl methyl sites for hydroxylation is 1. The zero-order valence-corrected chi connectivity index (χ0v) is 18.6. The summed E-state index contributed by atoms with van der Waals surface area (Å²) in [6, 6.07) is 7.36. The second kappa shape index (κ2) is 9.35. The number of rotatable bonds is 6. The van der Waals surface area contributed by atoms with E-state index in [1.807, 2.05) is 11.6 Å². The second-order valence-corrected chi connectivity index (χ2v) is 7.85. The number of fused-ring (bicyclic) bond motifs is 1. The fourth-order valence-electron chi connectivity index (χ4n) is 3.78. The molecule has 32 heavy (non-hydrogen) atoms. The molecule has 0 saturated carbocycles. The van der Waals surface area contributed by atoms with Crippen LogP contribution in [0.25, 0.3) is 11.0 Å². The minimum atomic E-state index is -0.258. The van der Waals surface area contributed by atoms with Crippen LogP contribution in [0.3, 0.4) is 0 Å². The number of pyridine rings is 1. The number of nitrogens with zero attached hydrogens (tertiary/aromatic N) is 4. The van der Waals surface area contributed by atoms with Gasteiger partial charge in [-0.25, -0.2) is 9.67 Å². The van der Waals surface area contributed by atoms with Crippen LogP contribution in [0.1, 0.15) is 37.0 Å². The topological polar surface area (TPSA) is 101 Å². The quantitative estimate of drug-likeness (QED) is 0.615. The van der Waals surface area contributed by atoms with Crippen LogP contribution in [0, 0.1) is 0 Å². The monoisotopic (exact) mass is 436 g/mol. The van der Waals surface area contributed by atoms with Crippen molar-refractivity contribution in [1.29, 1.82) is 0 Å². The molecule has 1 aliphatic heterocycles. The zero-order chi connectivity index (χ0) is 22.7. The third kappa shape index (κ3) is 4.43. The van der Waals surface area contributed by atoms with E-state index >= 15 is 0 Å². The summed E-state index contributed by atoms with van der Waals surface area (Å²) in [5.74, 6) is -0.316. The molecule has 0 atom stereocenters. The van der Waals surface area contributed by atoms with Gasteiger partial charge in [-0.15, -0.1) is 0 Å². The van der Waals surface area contributed by atoms with E-state index in [9.17, 15) is 9.59 Å². The molecule has 3 aromatic rings. The van der Waals surface area contributed by atoms with Crippen molar-refractivity contribution in [2.24, 2.45) is 0 Å². The molecule has 3 heterocycles. The number of nitrogens with one attached hydrogen (secondary N) is 2. The van der Waals surface area contributed by atoms with Gasteiger partial charge in [0.05, 0.1) is 22.8 Å². The Hall–Kier alpha value is -3.46. The molecular formula is C23H28N6O3. The molecule has 9 nitrogen and oxygen atoms in total. The highest BCUT2D eigenvalue weighted by molar-refractivity contribution is 6.12. The van der Waals surface area contributed by atoms with Crippen molar-refractivity contribution in [1.82, 2.24) is 14.8 Å². The van der Waals surface area contributed by atoms with Gasteiger partial charge in [0.25, 0.3) is 5.91 Å². The highest BCUT2D eigenvalue weighted by Gasteiger charge is 2.22. The third-order valence-electron chi connectivity index (χ3n) is 5.76. The first kappa shape index (κ1) is 21.8. The van der Waals surface area contributed by atoms with E-state index in [4.69, 9.17) is 4.74 Å². The number of benzene rings is 1. The van der Waals surface area contributed by atoms with Crippen molar-refractivity contribution < 1.29 is 14.3 Å². The molecule has 1 aromatic carbocycles. The molecule has 1 fully saturated rings. The van der Waals surface area contributed by atoms with Crippen LogP contribution in [0.15, 0.2) is 36.7 Å². The zero-order valence-electron chi connectivity index (χ0n) is 18.6. The number of anilines is 3. The maximum atomic E-state index is 13.2. The van der Waals surface area contributed by atoms with Crippen LogP contribution < -0.4 is 15.5 Å². The van der Waals surface area contributed by atoms with Crippen LogP contribution in [0.2, 0.25) is 0 Å². The lowest BCUT2D eigenvalue weighted by Crippen LogP contribution is -2.29. The maximum absolute atomic E-state index is 13.2. The first-order chi connectivity index (χ1) is 15.5. The van der Waals surface area contributed by atoms with Gasteiger partial charge in [0.1, 0.15) is 0 Å². The maximum Gasteiger partial charge on any atom is 0.259 e. The summed E-state index contributed by atoms with van der Waals surface area (Å²) in [6.45, 7) is 5.60. The Balaban J connectivity index is 1.62. The summed E-state index contributed by atoms with van der Waals surface area (Å²) in [6.07, 6.45) is 5.11. The van der Waals surface area contributed by atoms with E-state index in [2.05, 4.69) is 20.7 Å². The number of aromatic nitrogens is 3. The molecule has 2 aromatic heterocycles. The van der Waals surface area contributed by atoms with E-state index in [0.29, 0.717) is 31.0 Å². The molecule has 1 aliphatic rings. The molecule has 1 saturated heterocycles. The van der Waals surface area contributed by atoms with Gasteiger partial charge >= 0.3 is 0 Å². The minimum absolute atomic E-state index is 0.0578. The number of hydrogen-bond acceptors (Lipinski definition) is 6. The Morgan fingerprint density at radius 1 is 1.19 bits per heavy atom. The molecule has 0 unspecified atom stereocenters. The Labute approximate surface area is 186 Å². The second-order valence-electron chi connectivity index (χ2n) is 7.85. The normalized spacial score (nSPS) is 14.3. The average molecular weight is 437 g/mol. The molecule has 168 valence electrons. The fraction of sp³-hybridized carbons (Fsp3) is 0.391. The summed E-state index contributed by atoms with van der Waals surface area (Å²) in [5.41, 5.74) is 3.34. The molecule has 0 radical (unpaired) electrons. The molecule has 2 N–H and O–H groups in total. The molecule has 0 aliphatic carbocycles. The van der Waals surface area contributed by atoms with Gasteiger partial charge in [0.2, 0.25) is 5.91 Å². The van der Waals surface area contributed by atoms with E-state index in [1.165, 1.54) is 6.92 Å². The standard InChI is InChI=1S/C23H28N6O3/c1-4-29-22-19(14-25-29)21(26-17-9-11-32-12-10-17)20(13-24-22)23(31)27-16-5-7-18(8-6-16)28(3)15(2)30/h5-8,13-14,17H,4,9-12H2,1-3H3,(H,24,26)(H,27,31). The summed E-state index contributed by atoms with van der Waals surface area (Å²) in [4.78, 5) is 30.8. The van der Waals surface area contributed by atoms with Gasteiger partial charge in [-0.1, -0.05) is 0 Å². The lowest BCUT2D eigenvalue weighted by Gasteiger charge is -2.25. The van der Waals surface area contributed by atoms with Crippen molar-refractivity contribution in [3.8, 4) is 0 Å². The molecule has 4 rings (SSSR count). The van der Waals surface area contributed by atoms with Crippen LogP contribution in [-0.4, -0.2) is 52.9 Å². The van der Waals surface area contributed by atoms with Crippen molar-refractivity contribution in [3.05, 3.63) is 42.2 Å². The van der Waals surface area contributed by atoms with Gasteiger partial charge in [0, 0.05) is 57.3 Å². The van der Waals surface area contributed by atoms with Crippen molar-refractivity contribution in [3.63, 3.8) is 0 Å². The predicted molar refractivity (Wildman–Crippen MR) is 124 cm³/mol. The fourth-order valence-corrected chi connectivity index (χ4v) is 3.78. The Bertz CT molecular complexity index is 1120. The number of carbonyl (C=O) groups is 2. The van der Waals surface area contributed by atoms with Gasteiger partial charge < -0.3 is 20.3 Å². The van der Waals surface area contributed by atoms with E-state index in [0.717, 1.165) is 35.2 Å². The van der Waals surface area contributed by atoms with E-state index < -0.39 is 0 Å². The Morgan fingerprint density at radius 2 is 1.91 bits per heavy atom. The summed E-state index contributed by atoms with van der Waals surface area (Å²) < 4.78 is 7.29. The van der Waals surface area contributed by atoms with Crippen molar-refractivity contribution in [2.75, 3.05) is 35.8 Å². The third-order valence-corrected chi connectivity index (χ3v) is 5.76. The first-order valence-corrected chi connectivity index (χ1v) is 10.8. The minimum Gasteiger partial charge on any atom is -0.381 e. The largest absolute Gasteiger partial charge is 0.381 e. The van der Waals surface area contributed by atoms with Gasteiger partial charge in [0.15, 0.2) is 5.65 Å². The van der Waals surface area contributed by atoms with Crippen LogP contribution in [0.4, 0.5) is 17.1 Å². The lowest BCUT2D eigenvalue weighted by atomic mass is 10.1. The average Bonchev–Trinajstić information content (AvgIpc) is 3.23. The lowest BCUT2D eigenvalue weighted by molar-refractivity contribution is -0.116. The first-order valence-electron chi connectivity index (χ1n) is 10.8. The van der Waals surface area contributed by atoms with E-state index in [1.54, 1.807) is 48.6 Å². The molecule has 2 amide bonds. The molecule has 0 spiro atoms. The number of ether oxygens (including phenoxy) is 1. The molecule has 0 bridgehead atoms. The molecular weight excluding hydrogens is 408 g/mol. The van der Waals surface area contributed by atoms with Gasteiger partial charge in [-0.2, -0.15) is 5.10 Å². The van der Waals surface area contributed by atoms with Crippen LogP contribution >= 0.6 is 0 Å². The van der Waals surface area contributed by atoms with Gasteiger partial charge in [-0.3, -0.25) is 9.59 Å². The number of hydrogen-bond donors (Lipinski definition) is 2. The van der Waals surface area contributed by atoms with Crippen LogP contribution in [0.5, 0.6) is 0 Å². The Kier molecular flexibility index (Phi) is 6.36. The predicted octanol–water partition coefficient (Wildman–Crippen LogP) is 3.28.